The van der Waals surface area contributed by atoms with Gasteiger partial charge < -0.3 is 9.88 Å². The molecule has 3 fully saturated rings. The van der Waals surface area contributed by atoms with Crippen LogP contribution in [0.4, 0.5) is 8.78 Å². The molecule has 0 spiro atoms. The van der Waals surface area contributed by atoms with Gasteiger partial charge in [0.05, 0.1) is 11.0 Å². The number of imidazole rings is 1. The number of aromatic nitrogens is 2. The van der Waals surface area contributed by atoms with Crippen molar-refractivity contribution in [1.29, 1.82) is 0 Å². The molecule has 8 heteroatoms. The Kier molecular flexibility index (Phi) is 9.65. The molecule has 7 rings (SSSR count). The van der Waals surface area contributed by atoms with E-state index in [1.54, 1.807) is 18.2 Å². The van der Waals surface area contributed by atoms with Crippen LogP contribution in [0.5, 0.6) is 0 Å². The monoisotopic (exact) mass is 653 g/mol. The van der Waals surface area contributed by atoms with Crippen LogP contribution in [0.2, 0.25) is 0 Å². The van der Waals surface area contributed by atoms with Crippen molar-refractivity contribution in [2.24, 2.45) is 0 Å². The zero-order valence-electron chi connectivity index (χ0n) is 28.4. The number of rotatable bonds is 11. The summed E-state index contributed by atoms with van der Waals surface area (Å²) in [6.07, 6.45) is 9.25. The van der Waals surface area contributed by atoms with E-state index in [1.807, 2.05) is 6.07 Å². The molecule has 254 valence electrons. The Bertz CT molecular complexity index is 1700. The quantitative estimate of drug-likeness (QED) is 0.168. The fourth-order valence-electron chi connectivity index (χ4n) is 9.16. The number of hydrogen-bond donors (Lipinski definition) is 1. The molecule has 3 aliphatic heterocycles. The van der Waals surface area contributed by atoms with Crippen molar-refractivity contribution >= 4 is 16.9 Å². The summed E-state index contributed by atoms with van der Waals surface area (Å²) in [6, 6.07) is 23.1. The van der Waals surface area contributed by atoms with E-state index in [0.29, 0.717) is 37.8 Å². The Morgan fingerprint density at radius 2 is 1.67 bits per heavy atom. The third-order valence-corrected chi connectivity index (χ3v) is 11.7. The van der Waals surface area contributed by atoms with E-state index in [4.69, 9.17) is 4.98 Å². The zero-order chi connectivity index (χ0) is 33.3. The maximum absolute atomic E-state index is 14.7. The lowest BCUT2D eigenvalue weighted by Crippen LogP contribution is -2.50. The van der Waals surface area contributed by atoms with Gasteiger partial charge in [-0.05, 0) is 118 Å². The molecule has 3 aromatic carbocycles. The van der Waals surface area contributed by atoms with E-state index >= 15 is 0 Å². The highest BCUT2D eigenvalue weighted by Crippen LogP contribution is 2.46. The minimum Gasteiger partial charge on any atom is -0.354 e. The fourth-order valence-corrected chi connectivity index (χ4v) is 9.16. The summed E-state index contributed by atoms with van der Waals surface area (Å²) in [7, 11) is 0. The molecule has 4 aromatic rings. The van der Waals surface area contributed by atoms with Crippen molar-refractivity contribution in [2.75, 3.05) is 26.2 Å². The van der Waals surface area contributed by atoms with E-state index in [0.717, 1.165) is 74.0 Å². The maximum Gasteiger partial charge on any atom is 0.241 e. The van der Waals surface area contributed by atoms with Crippen LogP contribution >= 0.6 is 0 Å². The van der Waals surface area contributed by atoms with Crippen molar-refractivity contribution in [2.45, 2.75) is 101 Å². The van der Waals surface area contributed by atoms with Crippen LogP contribution in [0.15, 0.2) is 72.8 Å². The zero-order valence-corrected chi connectivity index (χ0v) is 28.4. The summed E-state index contributed by atoms with van der Waals surface area (Å²) in [5, 5.41) is 3.13. The highest BCUT2D eigenvalue weighted by molar-refractivity contribution is 5.83. The molecule has 3 saturated heterocycles. The van der Waals surface area contributed by atoms with Gasteiger partial charge in [0.25, 0.3) is 0 Å². The molecule has 2 unspecified atom stereocenters. The second-order valence-corrected chi connectivity index (χ2v) is 14.4. The number of carbonyl (C=O) groups is 1. The lowest BCUT2D eigenvalue weighted by molar-refractivity contribution is -0.127. The van der Waals surface area contributed by atoms with Crippen LogP contribution in [0.1, 0.15) is 93.7 Å². The van der Waals surface area contributed by atoms with Crippen LogP contribution in [-0.2, 0) is 10.2 Å². The van der Waals surface area contributed by atoms with E-state index < -0.39 is 6.04 Å². The average Bonchev–Trinajstić information content (AvgIpc) is 3.55. The Hall–Kier alpha value is -3.62. The van der Waals surface area contributed by atoms with E-state index in [-0.39, 0.29) is 23.0 Å². The van der Waals surface area contributed by atoms with Crippen LogP contribution in [0, 0.1) is 18.6 Å². The first-order chi connectivity index (χ1) is 23.3. The lowest BCUT2D eigenvalue weighted by Gasteiger charge is -2.47. The number of piperidine rings is 2. The second-order valence-electron chi connectivity index (χ2n) is 14.4. The minimum absolute atomic E-state index is 0.0336. The maximum atomic E-state index is 14.7. The molecular formula is C40H49F2N5O. The van der Waals surface area contributed by atoms with Gasteiger partial charge in [0.15, 0.2) is 0 Å². The minimum atomic E-state index is -0.481. The Labute approximate surface area is 283 Å². The Morgan fingerprint density at radius 3 is 2.38 bits per heavy atom. The van der Waals surface area contributed by atoms with Gasteiger partial charge >= 0.3 is 0 Å². The largest absolute Gasteiger partial charge is 0.354 e. The molecule has 4 atom stereocenters. The third kappa shape index (κ3) is 6.53. The highest BCUT2D eigenvalue weighted by Gasteiger charge is 2.45. The molecule has 0 radical (unpaired) electrons. The highest BCUT2D eigenvalue weighted by atomic mass is 19.1. The van der Waals surface area contributed by atoms with Crippen molar-refractivity contribution in [3.05, 3.63) is 101 Å². The van der Waals surface area contributed by atoms with Crippen LogP contribution in [0.25, 0.3) is 11.0 Å². The number of fused-ring (bicyclic) bond motifs is 3. The molecule has 4 heterocycles. The summed E-state index contributed by atoms with van der Waals surface area (Å²) < 4.78 is 31.1. The number of nitrogens with one attached hydrogen (secondary N) is 1. The van der Waals surface area contributed by atoms with Gasteiger partial charge in [0.1, 0.15) is 23.5 Å². The van der Waals surface area contributed by atoms with Crippen molar-refractivity contribution in [3.8, 4) is 0 Å². The summed E-state index contributed by atoms with van der Waals surface area (Å²) >= 11 is 0. The fraction of sp³-hybridized carbons (Fsp3) is 0.500. The first kappa shape index (κ1) is 32.9. The number of amides is 1. The topological polar surface area (TPSA) is 53.4 Å². The summed E-state index contributed by atoms with van der Waals surface area (Å²) in [4.78, 5) is 23.5. The van der Waals surface area contributed by atoms with Gasteiger partial charge in [-0.2, -0.15) is 0 Å². The van der Waals surface area contributed by atoms with Gasteiger partial charge in [-0.15, -0.1) is 0 Å². The lowest BCUT2D eigenvalue weighted by atomic mass is 9.70. The van der Waals surface area contributed by atoms with Crippen molar-refractivity contribution in [3.63, 3.8) is 0 Å². The van der Waals surface area contributed by atoms with Gasteiger partial charge in [-0.3, -0.25) is 14.6 Å². The molecule has 0 aliphatic carbocycles. The predicted octanol–water partition coefficient (Wildman–Crippen LogP) is 7.87. The number of nitrogens with zero attached hydrogens (tertiary/aromatic N) is 4. The molecule has 6 nitrogen and oxygen atoms in total. The van der Waals surface area contributed by atoms with Gasteiger partial charge in [0, 0.05) is 37.8 Å². The molecular weight excluding hydrogens is 604 g/mol. The predicted molar refractivity (Wildman–Crippen MR) is 187 cm³/mol. The van der Waals surface area contributed by atoms with Crippen molar-refractivity contribution in [1.82, 2.24) is 24.7 Å². The Balaban J connectivity index is 1.08. The molecule has 3 aliphatic rings. The average molecular weight is 654 g/mol. The number of benzene rings is 3. The summed E-state index contributed by atoms with van der Waals surface area (Å²) in [5.41, 5.74) is 4.01. The third-order valence-electron chi connectivity index (χ3n) is 11.7. The normalized spacial score (nSPS) is 23.4. The van der Waals surface area contributed by atoms with Crippen LogP contribution < -0.4 is 5.32 Å². The number of carbonyl (C=O) groups excluding carboxylic acids is 1. The standard InChI is InChI=1S/C40H49F2N5O/c1-3-4-21-43-39(48)38(29-12-14-31(41)15-13-29)45-22-18-40(19-23-45,30-8-7-9-32(42)25-30)20-24-46-33-16-17-34(46)27-35(26-33)47-28(2)44-36-10-5-6-11-37(36)47/h5-15,25,33-35,38H,3-4,16-24,26-27H2,1-2H3,(H,43,48)/t33-,34+,35?,38?. The number of hydrogen-bond acceptors (Lipinski definition) is 4. The van der Waals surface area contributed by atoms with Crippen molar-refractivity contribution < 1.29 is 13.6 Å². The summed E-state index contributed by atoms with van der Waals surface area (Å²) in [5.74, 6) is 0.564. The number of para-hydroxylation sites is 2. The number of likely N-dealkylation sites (tertiary alicyclic amines) is 1. The number of halogens is 2. The van der Waals surface area contributed by atoms with Crippen LogP contribution in [0.3, 0.4) is 0 Å². The summed E-state index contributed by atoms with van der Waals surface area (Å²) in [6.45, 7) is 7.28. The van der Waals surface area contributed by atoms with E-state index in [1.165, 1.54) is 36.6 Å². The smallest absolute Gasteiger partial charge is 0.241 e. The molecule has 1 amide bonds. The second kappa shape index (κ2) is 14.1. The number of aryl methyl sites for hydroxylation is 1. The molecule has 48 heavy (non-hydrogen) atoms. The first-order valence-corrected chi connectivity index (χ1v) is 18.1. The van der Waals surface area contributed by atoms with Gasteiger partial charge in [0.2, 0.25) is 5.91 Å². The first-order valence-electron chi connectivity index (χ1n) is 18.1. The van der Waals surface area contributed by atoms with Gasteiger partial charge in [-0.1, -0.05) is 49.7 Å². The van der Waals surface area contributed by atoms with Gasteiger partial charge in [-0.25, -0.2) is 13.8 Å². The Morgan fingerprint density at radius 1 is 0.938 bits per heavy atom. The van der Waals surface area contributed by atoms with Crippen LogP contribution in [-0.4, -0.2) is 63.5 Å². The van der Waals surface area contributed by atoms with E-state index in [9.17, 15) is 13.6 Å². The SMILES string of the molecule is CCCCNC(=O)C(c1ccc(F)cc1)N1CCC(CCN2[C@@H]3CC[C@H]2CC(n2c(C)nc4ccccc42)C3)(c2cccc(F)c2)CC1. The molecule has 1 N–H and O–H groups in total. The molecule has 0 saturated carbocycles. The van der Waals surface area contributed by atoms with E-state index in [2.05, 4.69) is 63.9 Å². The number of unbranched alkanes of at least 4 members (excludes halogenated alkanes) is 1. The molecule has 2 bridgehead atoms. The molecule has 1 aromatic heterocycles.